The molecule has 0 saturated carbocycles. The van der Waals surface area contributed by atoms with E-state index in [2.05, 4.69) is 21.4 Å². The molecule has 0 fully saturated rings. The van der Waals surface area contributed by atoms with Crippen LogP contribution in [-0.2, 0) is 6.54 Å². The van der Waals surface area contributed by atoms with Gasteiger partial charge in [-0.1, -0.05) is 0 Å². The number of nitrogens with one attached hydrogen (secondary N) is 1. The molecule has 0 aliphatic rings. The van der Waals surface area contributed by atoms with Crippen molar-refractivity contribution in [3.63, 3.8) is 0 Å². The molecule has 3 rings (SSSR count). The predicted octanol–water partition coefficient (Wildman–Crippen LogP) is 2.56. The lowest BCUT2D eigenvalue weighted by molar-refractivity contribution is 0.419. The number of fused-ring (bicyclic) bond motifs is 1. The van der Waals surface area contributed by atoms with Gasteiger partial charge in [-0.05, 0) is 24.3 Å². The minimum atomic E-state index is -0.385. The van der Waals surface area contributed by atoms with Crippen LogP contribution in [0.15, 0.2) is 36.8 Å². The van der Waals surface area contributed by atoms with E-state index in [1.807, 2.05) is 0 Å². The second-order valence-corrected chi connectivity index (χ2v) is 4.83. The highest BCUT2D eigenvalue weighted by atomic mass is 19.1. The van der Waals surface area contributed by atoms with Crippen LogP contribution in [0.5, 0.6) is 5.75 Å². The molecule has 7 heteroatoms. The molecule has 23 heavy (non-hydrogen) atoms. The molecule has 0 radical (unpaired) electrons. The lowest BCUT2D eigenvalue weighted by Gasteiger charge is -2.10. The third-order valence-electron chi connectivity index (χ3n) is 3.53. The lowest BCUT2D eigenvalue weighted by atomic mass is 10.2. The van der Waals surface area contributed by atoms with E-state index < -0.39 is 0 Å². The molecule has 1 aromatic carbocycles. The van der Waals surface area contributed by atoms with Crippen molar-refractivity contribution >= 4 is 16.7 Å². The SMILES string of the molecule is COc1ccc(F)c2c1cc(C#N)n2CCNc1ccncn1. The van der Waals surface area contributed by atoms with Gasteiger partial charge in [0.25, 0.3) is 0 Å². The Morgan fingerprint density at radius 2 is 2.26 bits per heavy atom. The van der Waals surface area contributed by atoms with Crippen molar-refractivity contribution in [1.82, 2.24) is 14.5 Å². The Labute approximate surface area is 132 Å². The summed E-state index contributed by atoms with van der Waals surface area (Å²) < 4.78 is 21.1. The van der Waals surface area contributed by atoms with Crippen LogP contribution in [0, 0.1) is 17.1 Å². The molecular weight excluding hydrogens is 297 g/mol. The van der Waals surface area contributed by atoms with Crippen molar-refractivity contribution in [3.8, 4) is 11.8 Å². The van der Waals surface area contributed by atoms with Gasteiger partial charge in [-0.25, -0.2) is 14.4 Å². The summed E-state index contributed by atoms with van der Waals surface area (Å²) >= 11 is 0. The molecule has 2 heterocycles. The summed E-state index contributed by atoms with van der Waals surface area (Å²) in [4.78, 5) is 7.90. The Kier molecular flexibility index (Phi) is 4.06. The van der Waals surface area contributed by atoms with Crippen molar-refractivity contribution < 1.29 is 9.13 Å². The molecule has 0 atom stereocenters. The number of halogens is 1. The lowest BCUT2D eigenvalue weighted by Crippen LogP contribution is -2.13. The van der Waals surface area contributed by atoms with E-state index in [9.17, 15) is 9.65 Å². The first-order chi connectivity index (χ1) is 11.2. The van der Waals surface area contributed by atoms with Crippen LogP contribution in [0.1, 0.15) is 5.69 Å². The summed E-state index contributed by atoms with van der Waals surface area (Å²) in [6, 6.07) is 8.38. The summed E-state index contributed by atoms with van der Waals surface area (Å²) in [6.45, 7) is 0.909. The number of aromatic nitrogens is 3. The molecule has 0 aliphatic carbocycles. The van der Waals surface area contributed by atoms with Crippen molar-refractivity contribution in [3.05, 3.63) is 48.3 Å². The quantitative estimate of drug-likeness (QED) is 0.783. The van der Waals surface area contributed by atoms with E-state index in [1.54, 1.807) is 29.0 Å². The zero-order valence-electron chi connectivity index (χ0n) is 12.5. The van der Waals surface area contributed by atoms with E-state index in [1.165, 1.54) is 19.5 Å². The second kappa shape index (κ2) is 6.32. The fourth-order valence-corrected chi connectivity index (χ4v) is 2.51. The van der Waals surface area contributed by atoms with Gasteiger partial charge >= 0.3 is 0 Å². The average Bonchev–Trinajstić information content (AvgIpc) is 2.96. The van der Waals surface area contributed by atoms with E-state index in [0.29, 0.717) is 41.3 Å². The molecule has 2 aromatic heterocycles. The molecule has 0 aliphatic heterocycles. The number of methoxy groups -OCH3 is 1. The summed E-state index contributed by atoms with van der Waals surface area (Å²) in [5.41, 5.74) is 0.748. The van der Waals surface area contributed by atoms with Crippen LogP contribution in [0.3, 0.4) is 0 Å². The standard InChI is InChI=1S/C16H14FN5O/c1-23-14-3-2-13(17)16-12(14)8-11(9-18)22(16)7-6-20-15-4-5-19-10-21-15/h2-5,8,10H,6-7H2,1H3,(H,19,20,21). The number of ether oxygens (including phenoxy) is 1. The van der Waals surface area contributed by atoms with Crippen LogP contribution in [0.4, 0.5) is 10.2 Å². The largest absolute Gasteiger partial charge is 0.496 e. The first-order valence-electron chi connectivity index (χ1n) is 7.00. The summed E-state index contributed by atoms with van der Waals surface area (Å²) in [5, 5.41) is 13.0. The molecular formula is C16H14FN5O. The Hall–Kier alpha value is -3.14. The maximum Gasteiger partial charge on any atom is 0.147 e. The Bertz CT molecular complexity index is 870. The van der Waals surface area contributed by atoms with Gasteiger partial charge in [0.1, 0.15) is 35.5 Å². The van der Waals surface area contributed by atoms with Gasteiger partial charge in [0, 0.05) is 24.7 Å². The number of hydrogen-bond acceptors (Lipinski definition) is 5. The first-order valence-corrected chi connectivity index (χ1v) is 7.00. The highest BCUT2D eigenvalue weighted by Gasteiger charge is 2.16. The van der Waals surface area contributed by atoms with Crippen molar-refractivity contribution in [1.29, 1.82) is 5.26 Å². The van der Waals surface area contributed by atoms with E-state index >= 15 is 0 Å². The first kappa shape index (κ1) is 14.8. The number of nitriles is 1. The third-order valence-corrected chi connectivity index (χ3v) is 3.53. The smallest absolute Gasteiger partial charge is 0.147 e. The number of hydrogen-bond donors (Lipinski definition) is 1. The summed E-state index contributed by atoms with van der Waals surface area (Å²) in [5.74, 6) is 0.831. The molecule has 116 valence electrons. The van der Waals surface area contributed by atoms with Gasteiger partial charge in [-0.2, -0.15) is 5.26 Å². The zero-order chi connectivity index (χ0) is 16.2. The molecule has 0 amide bonds. The van der Waals surface area contributed by atoms with Gasteiger partial charge in [0.2, 0.25) is 0 Å². The predicted molar refractivity (Wildman–Crippen MR) is 83.7 cm³/mol. The van der Waals surface area contributed by atoms with Gasteiger partial charge in [-0.15, -0.1) is 0 Å². The molecule has 0 spiro atoms. The average molecular weight is 311 g/mol. The third kappa shape index (κ3) is 2.79. The number of nitrogens with zero attached hydrogens (tertiary/aromatic N) is 4. The van der Waals surface area contributed by atoms with Crippen LogP contribution < -0.4 is 10.1 Å². The summed E-state index contributed by atoms with van der Waals surface area (Å²) in [7, 11) is 1.52. The highest BCUT2D eigenvalue weighted by Crippen LogP contribution is 2.30. The van der Waals surface area contributed by atoms with Crippen LogP contribution >= 0.6 is 0 Å². The van der Waals surface area contributed by atoms with E-state index in [0.717, 1.165) is 0 Å². The molecule has 3 aromatic rings. The maximum absolute atomic E-state index is 14.2. The minimum Gasteiger partial charge on any atom is -0.496 e. The molecule has 0 bridgehead atoms. The Morgan fingerprint density at radius 1 is 1.39 bits per heavy atom. The van der Waals surface area contributed by atoms with Gasteiger partial charge in [0.15, 0.2) is 0 Å². The van der Waals surface area contributed by atoms with Crippen LogP contribution in [-0.4, -0.2) is 28.2 Å². The Morgan fingerprint density at radius 3 is 2.96 bits per heavy atom. The molecule has 0 saturated heterocycles. The fourth-order valence-electron chi connectivity index (χ4n) is 2.51. The highest BCUT2D eigenvalue weighted by molar-refractivity contribution is 5.88. The van der Waals surface area contributed by atoms with E-state index in [4.69, 9.17) is 4.74 Å². The normalized spacial score (nSPS) is 10.5. The van der Waals surface area contributed by atoms with Gasteiger partial charge in [-0.3, -0.25) is 0 Å². The Balaban J connectivity index is 1.92. The zero-order valence-corrected chi connectivity index (χ0v) is 12.5. The van der Waals surface area contributed by atoms with Crippen LogP contribution in [0.2, 0.25) is 0 Å². The number of anilines is 1. The molecule has 1 N–H and O–H groups in total. The fraction of sp³-hybridized carbons (Fsp3) is 0.188. The second-order valence-electron chi connectivity index (χ2n) is 4.83. The molecule has 6 nitrogen and oxygen atoms in total. The van der Waals surface area contributed by atoms with Crippen LogP contribution in [0.25, 0.3) is 10.9 Å². The van der Waals surface area contributed by atoms with Gasteiger partial charge in [0.05, 0.1) is 12.6 Å². The van der Waals surface area contributed by atoms with Crippen molar-refractivity contribution in [2.24, 2.45) is 0 Å². The summed E-state index contributed by atoms with van der Waals surface area (Å²) in [6.07, 6.45) is 3.07. The number of benzene rings is 1. The monoisotopic (exact) mass is 311 g/mol. The molecule has 0 unspecified atom stereocenters. The van der Waals surface area contributed by atoms with E-state index in [-0.39, 0.29) is 5.82 Å². The van der Waals surface area contributed by atoms with Crippen molar-refractivity contribution in [2.45, 2.75) is 6.54 Å². The van der Waals surface area contributed by atoms with Gasteiger partial charge < -0.3 is 14.6 Å². The maximum atomic E-state index is 14.2. The topological polar surface area (TPSA) is 75.8 Å². The number of rotatable bonds is 5. The van der Waals surface area contributed by atoms with Crippen molar-refractivity contribution in [2.75, 3.05) is 19.0 Å². The minimum absolute atomic E-state index is 0.366.